The Morgan fingerprint density at radius 2 is 1.43 bits per heavy atom. The molecule has 2 fully saturated rings. The van der Waals surface area contributed by atoms with E-state index < -0.39 is 24.5 Å². The number of aryl methyl sites for hydroxylation is 1. The maximum Gasteiger partial charge on any atom is 0.434 e. The zero-order valence-electron chi connectivity index (χ0n) is 20.0. The molecule has 0 N–H and O–H groups in total. The Balaban J connectivity index is 0.00000153. The van der Waals surface area contributed by atoms with Crippen LogP contribution in [0.25, 0.3) is 0 Å². The van der Waals surface area contributed by atoms with Crippen LogP contribution in [-0.2, 0) is 20.9 Å². The first-order valence-corrected chi connectivity index (χ1v) is 11.5. The van der Waals surface area contributed by atoms with E-state index in [2.05, 4.69) is 4.74 Å². The quantitative estimate of drug-likeness (QED) is 0.542. The summed E-state index contributed by atoms with van der Waals surface area (Å²) in [6.45, 7) is 3.88. The summed E-state index contributed by atoms with van der Waals surface area (Å²) in [5, 5.41) is 0. The molecule has 1 aromatic rings. The minimum atomic E-state index is -5.75. The standard InChI is InChI=1S/C22H27F6N3O3.CO2/c1-15-5-6-16(17(13-15)18(32)30-7-3-2-4-8-30)14-29-9-11-31(12-10-29)20(33)34-19(21(23,24)25)22(26,27)28;2-1-3/h5-6,13,19H,2-4,7-12,14H2,1H3;. The van der Waals surface area contributed by atoms with Crippen molar-refractivity contribution in [2.24, 2.45) is 0 Å². The fraction of sp³-hybridized carbons (Fsp3) is 0.609. The molecule has 0 atom stereocenters. The number of carbonyl (C=O) groups is 2. The van der Waals surface area contributed by atoms with Gasteiger partial charge < -0.3 is 14.5 Å². The van der Waals surface area contributed by atoms with Gasteiger partial charge in [0, 0.05) is 51.4 Å². The van der Waals surface area contributed by atoms with Gasteiger partial charge in [0.2, 0.25) is 0 Å². The highest BCUT2D eigenvalue weighted by atomic mass is 19.4. The fourth-order valence-electron chi connectivity index (χ4n) is 4.12. The van der Waals surface area contributed by atoms with Crippen LogP contribution in [0.1, 0.15) is 40.7 Å². The number of likely N-dealkylation sites (tertiary alicyclic amines) is 1. The van der Waals surface area contributed by atoms with E-state index in [1.54, 1.807) is 0 Å². The molecule has 2 aliphatic rings. The molecule has 2 saturated heterocycles. The van der Waals surface area contributed by atoms with Crippen molar-refractivity contribution in [3.8, 4) is 0 Å². The van der Waals surface area contributed by atoms with Crippen LogP contribution in [0, 0.1) is 6.92 Å². The van der Waals surface area contributed by atoms with Gasteiger partial charge in [-0.3, -0.25) is 9.69 Å². The third kappa shape index (κ3) is 8.74. The van der Waals surface area contributed by atoms with E-state index in [-0.39, 0.29) is 38.2 Å². The number of carbonyl (C=O) groups excluding carboxylic acids is 4. The Labute approximate surface area is 209 Å². The molecule has 2 heterocycles. The molecule has 0 unspecified atom stereocenters. The number of piperazine rings is 1. The summed E-state index contributed by atoms with van der Waals surface area (Å²) < 4.78 is 79.7. The molecule has 0 spiro atoms. The molecule has 3 rings (SSSR count). The molecule has 0 aromatic heterocycles. The Hall–Kier alpha value is -3.12. The summed E-state index contributed by atoms with van der Waals surface area (Å²) in [5.74, 6) is -0.0500. The van der Waals surface area contributed by atoms with Gasteiger partial charge in [-0.05, 0) is 37.8 Å². The lowest BCUT2D eigenvalue weighted by Crippen LogP contribution is -2.52. The predicted molar refractivity (Wildman–Crippen MR) is 115 cm³/mol. The van der Waals surface area contributed by atoms with E-state index >= 15 is 0 Å². The number of amides is 2. The highest BCUT2D eigenvalue weighted by Crippen LogP contribution is 2.36. The number of rotatable bonds is 4. The fourth-order valence-corrected chi connectivity index (χ4v) is 4.12. The zero-order chi connectivity index (χ0) is 27.8. The smallest absolute Gasteiger partial charge is 0.426 e. The van der Waals surface area contributed by atoms with Crippen LogP contribution in [0.4, 0.5) is 31.1 Å². The van der Waals surface area contributed by atoms with E-state index in [4.69, 9.17) is 9.59 Å². The molecule has 1 aromatic carbocycles. The highest BCUT2D eigenvalue weighted by Gasteiger charge is 2.60. The van der Waals surface area contributed by atoms with Gasteiger partial charge in [-0.15, -0.1) is 0 Å². The first kappa shape index (κ1) is 30.1. The third-order valence-corrected chi connectivity index (χ3v) is 5.98. The molecule has 206 valence electrons. The molecule has 37 heavy (non-hydrogen) atoms. The summed E-state index contributed by atoms with van der Waals surface area (Å²) in [5.41, 5.74) is 2.30. The first-order chi connectivity index (χ1) is 17.3. The van der Waals surface area contributed by atoms with Crippen molar-refractivity contribution in [1.82, 2.24) is 14.7 Å². The lowest BCUT2D eigenvalue weighted by atomic mass is 10.0. The van der Waals surface area contributed by atoms with Gasteiger partial charge in [-0.2, -0.15) is 35.9 Å². The summed E-state index contributed by atoms with van der Waals surface area (Å²) in [6.07, 6.45) is -14.1. The number of piperidine rings is 1. The minimum absolute atomic E-state index is 0.0500. The summed E-state index contributed by atoms with van der Waals surface area (Å²) in [4.78, 5) is 45.8. The van der Waals surface area contributed by atoms with Crippen molar-refractivity contribution < 1.29 is 50.3 Å². The molecule has 0 radical (unpaired) electrons. The number of benzene rings is 1. The van der Waals surface area contributed by atoms with E-state index in [0.717, 1.165) is 35.3 Å². The van der Waals surface area contributed by atoms with Crippen LogP contribution in [0.3, 0.4) is 0 Å². The maximum absolute atomic E-state index is 13.1. The van der Waals surface area contributed by atoms with Gasteiger partial charge in [-0.1, -0.05) is 17.7 Å². The highest BCUT2D eigenvalue weighted by molar-refractivity contribution is 5.96. The van der Waals surface area contributed by atoms with Crippen LogP contribution in [-0.4, -0.2) is 90.6 Å². The van der Waals surface area contributed by atoms with Crippen LogP contribution in [0.2, 0.25) is 0 Å². The number of halogens is 6. The van der Waals surface area contributed by atoms with Crippen molar-refractivity contribution in [2.75, 3.05) is 39.3 Å². The first-order valence-electron chi connectivity index (χ1n) is 11.5. The van der Waals surface area contributed by atoms with Crippen molar-refractivity contribution in [3.05, 3.63) is 34.9 Å². The minimum Gasteiger partial charge on any atom is -0.426 e. The molecule has 0 bridgehead atoms. The summed E-state index contributed by atoms with van der Waals surface area (Å²) >= 11 is 0. The Bertz CT molecular complexity index is 951. The lowest BCUT2D eigenvalue weighted by molar-refractivity contribution is -0.308. The lowest BCUT2D eigenvalue weighted by Gasteiger charge is -2.35. The van der Waals surface area contributed by atoms with Gasteiger partial charge in [-0.25, -0.2) is 4.79 Å². The van der Waals surface area contributed by atoms with Crippen LogP contribution in [0.15, 0.2) is 18.2 Å². The predicted octanol–water partition coefficient (Wildman–Crippen LogP) is 3.79. The molecular weight excluding hydrogens is 512 g/mol. The van der Waals surface area contributed by atoms with Gasteiger partial charge >= 0.3 is 24.6 Å². The topological polar surface area (TPSA) is 87.2 Å². The third-order valence-electron chi connectivity index (χ3n) is 5.98. The zero-order valence-corrected chi connectivity index (χ0v) is 20.0. The van der Waals surface area contributed by atoms with Crippen molar-refractivity contribution >= 4 is 18.2 Å². The van der Waals surface area contributed by atoms with Crippen molar-refractivity contribution in [2.45, 2.75) is 51.2 Å². The number of alkyl halides is 6. The van der Waals surface area contributed by atoms with E-state index in [9.17, 15) is 35.9 Å². The van der Waals surface area contributed by atoms with Gasteiger partial charge in [0.15, 0.2) is 0 Å². The second kappa shape index (κ2) is 12.9. The monoisotopic (exact) mass is 539 g/mol. The Kier molecular flexibility index (Phi) is 10.5. The largest absolute Gasteiger partial charge is 0.434 e. The molecule has 0 saturated carbocycles. The van der Waals surface area contributed by atoms with E-state index in [0.29, 0.717) is 25.2 Å². The normalized spacial score (nSPS) is 17.1. The molecule has 14 heteroatoms. The Morgan fingerprint density at radius 3 is 1.95 bits per heavy atom. The van der Waals surface area contributed by atoms with E-state index in [1.165, 1.54) is 0 Å². The Morgan fingerprint density at radius 1 is 0.892 bits per heavy atom. The second-order valence-electron chi connectivity index (χ2n) is 8.71. The van der Waals surface area contributed by atoms with Crippen molar-refractivity contribution in [1.29, 1.82) is 0 Å². The maximum atomic E-state index is 13.1. The van der Waals surface area contributed by atoms with Crippen LogP contribution < -0.4 is 0 Å². The average molecular weight is 539 g/mol. The molecule has 2 amide bonds. The average Bonchev–Trinajstić information content (AvgIpc) is 2.83. The number of nitrogens with zero attached hydrogens (tertiary/aromatic N) is 3. The van der Waals surface area contributed by atoms with Gasteiger partial charge in [0.25, 0.3) is 12.0 Å². The molecule has 8 nitrogen and oxygen atoms in total. The van der Waals surface area contributed by atoms with Crippen molar-refractivity contribution in [3.63, 3.8) is 0 Å². The van der Waals surface area contributed by atoms with Gasteiger partial charge in [0.1, 0.15) is 0 Å². The SMILES string of the molecule is Cc1ccc(CN2CCN(C(=O)OC(C(F)(F)F)C(F)(F)F)CC2)c(C(=O)N2CCCCC2)c1.O=C=O. The van der Waals surface area contributed by atoms with Gasteiger partial charge in [0.05, 0.1) is 0 Å². The molecular formula is C23H27F6N3O5. The number of hydrogen-bond acceptors (Lipinski definition) is 6. The van der Waals surface area contributed by atoms with Crippen LogP contribution >= 0.6 is 0 Å². The second-order valence-corrected chi connectivity index (χ2v) is 8.71. The number of hydrogen-bond donors (Lipinski definition) is 0. The van der Waals surface area contributed by atoms with Crippen LogP contribution in [0.5, 0.6) is 0 Å². The summed E-state index contributed by atoms with van der Waals surface area (Å²) in [6, 6.07) is 5.56. The summed E-state index contributed by atoms with van der Waals surface area (Å²) in [7, 11) is 0. The molecule has 2 aliphatic heterocycles. The number of ether oxygens (including phenoxy) is 1. The van der Waals surface area contributed by atoms with E-state index in [1.807, 2.05) is 34.9 Å². The molecule has 0 aliphatic carbocycles.